The number of benzene rings is 2. The van der Waals surface area contributed by atoms with E-state index in [1.165, 1.54) is 29.3 Å². The Morgan fingerprint density at radius 1 is 1.00 bits per heavy atom. The molecule has 2 aromatic carbocycles. The summed E-state index contributed by atoms with van der Waals surface area (Å²) in [6.45, 7) is 1.71. The predicted molar refractivity (Wildman–Crippen MR) is 76.7 cm³/mol. The number of fused-ring (bicyclic) bond motifs is 1. The second-order valence-electron chi connectivity index (χ2n) is 5.40. The van der Waals surface area contributed by atoms with Crippen LogP contribution >= 0.6 is 0 Å². The minimum atomic E-state index is -1.16. The van der Waals surface area contributed by atoms with Gasteiger partial charge in [-0.25, -0.2) is 8.78 Å². The summed E-state index contributed by atoms with van der Waals surface area (Å²) < 4.78 is 27.4. The van der Waals surface area contributed by atoms with Gasteiger partial charge in [0.15, 0.2) is 0 Å². The average Bonchev–Trinajstić information content (AvgIpc) is 2.47. The first-order valence-electron chi connectivity index (χ1n) is 7.06. The lowest BCUT2D eigenvalue weighted by Crippen LogP contribution is -2.34. The minimum absolute atomic E-state index is 0.228. The molecule has 1 aliphatic heterocycles. The van der Waals surface area contributed by atoms with Gasteiger partial charge in [0.2, 0.25) is 0 Å². The zero-order valence-electron chi connectivity index (χ0n) is 11.6. The van der Waals surface area contributed by atoms with Crippen LogP contribution in [-0.4, -0.2) is 23.1 Å². The van der Waals surface area contributed by atoms with Crippen molar-refractivity contribution in [3.63, 3.8) is 0 Å². The normalized spacial score (nSPS) is 16.5. The maximum absolute atomic E-state index is 13.7. The van der Waals surface area contributed by atoms with Gasteiger partial charge >= 0.3 is 0 Å². The SMILES string of the molecule is O[C@H](CN1CCc2ccccc2C1)c1c(F)cccc1F. The molecule has 0 aliphatic carbocycles. The van der Waals surface area contributed by atoms with Gasteiger partial charge in [-0.15, -0.1) is 0 Å². The fraction of sp³-hybridized carbons (Fsp3) is 0.294. The molecule has 1 N–H and O–H groups in total. The highest BCUT2D eigenvalue weighted by Gasteiger charge is 2.23. The van der Waals surface area contributed by atoms with Gasteiger partial charge in [-0.1, -0.05) is 30.3 Å². The fourth-order valence-electron chi connectivity index (χ4n) is 2.87. The van der Waals surface area contributed by atoms with Gasteiger partial charge < -0.3 is 5.11 Å². The number of aliphatic hydroxyl groups is 1. The summed E-state index contributed by atoms with van der Waals surface area (Å²) in [5.74, 6) is -1.39. The molecule has 0 amide bonds. The molecule has 1 aliphatic rings. The van der Waals surface area contributed by atoms with E-state index in [0.29, 0.717) is 6.54 Å². The van der Waals surface area contributed by atoms with Gasteiger partial charge in [-0.05, 0) is 29.7 Å². The zero-order chi connectivity index (χ0) is 14.8. The van der Waals surface area contributed by atoms with Gasteiger partial charge in [-0.2, -0.15) is 0 Å². The first-order chi connectivity index (χ1) is 10.1. The molecule has 0 saturated carbocycles. The Morgan fingerprint density at radius 2 is 1.67 bits per heavy atom. The van der Waals surface area contributed by atoms with Crippen LogP contribution in [-0.2, 0) is 13.0 Å². The lowest BCUT2D eigenvalue weighted by atomic mass is 9.99. The summed E-state index contributed by atoms with van der Waals surface area (Å²) in [6, 6.07) is 11.8. The van der Waals surface area contributed by atoms with Crippen LogP contribution < -0.4 is 0 Å². The van der Waals surface area contributed by atoms with E-state index in [1.54, 1.807) is 0 Å². The first-order valence-corrected chi connectivity index (χ1v) is 7.06. The minimum Gasteiger partial charge on any atom is -0.387 e. The van der Waals surface area contributed by atoms with E-state index in [9.17, 15) is 13.9 Å². The number of hydrogen-bond acceptors (Lipinski definition) is 2. The molecule has 2 nitrogen and oxygen atoms in total. The molecule has 0 saturated heterocycles. The van der Waals surface area contributed by atoms with Crippen LogP contribution in [0.15, 0.2) is 42.5 Å². The van der Waals surface area contributed by atoms with Crippen LogP contribution in [0.4, 0.5) is 8.78 Å². The third-order valence-electron chi connectivity index (χ3n) is 3.97. The van der Waals surface area contributed by atoms with Crippen molar-refractivity contribution in [2.24, 2.45) is 0 Å². The highest BCUT2D eigenvalue weighted by Crippen LogP contribution is 2.24. The molecule has 21 heavy (non-hydrogen) atoms. The van der Waals surface area contributed by atoms with Crippen LogP contribution in [0, 0.1) is 11.6 Å². The second kappa shape index (κ2) is 5.92. The molecule has 0 unspecified atom stereocenters. The third-order valence-corrected chi connectivity index (χ3v) is 3.97. The van der Waals surface area contributed by atoms with E-state index in [-0.39, 0.29) is 12.1 Å². The van der Waals surface area contributed by atoms with Crippen molar-refractivity contribution in [3.05, 3.63) is 70.8 Å². The van der Waals surface area contributed by atoms with E-state index in [0.717, 1.165) is 13.0 Å². The summed E-state index contributed by atoms with van der Waals surface area (Å²) in [6.07, 6.45) is -0.265. The van der Waals surface area contributed by atoms with Crippen LogP contribution in [0.2, 0.25) is 0 Å². The molecule has 0 bridgehead atoms. The molecule has 2 aromatic rings. The number of rotatable bonds is 3. The number of aliphatic hydroxyl groups excluding tert-OH is 1. The Labute approximate surface area is 122 Å². The smallest absolute Gasteiger partial charge is 0.131 e. The van der Waals surface area contributed by atoms with Crippen molar-refractivity contribution in [2.45, 2.75) is 19.1 Å². The average molecular weight is 289 g/mol. The maximum Gasteiger partial charge on any atom is 0.131 e. The maximum atomic E-state index is 13.7. The van der Waals surface area contributed by atoms with Gasteiger partial charge in [0.25, 0.3) is 0 Å². The molecule has 1 atom stereocenters. The monoisotopic (exact) mass is 289 g/mol. The number of β-amino-alcohol motifs (C(OH)–C–C–N with tert-alkyl or cyclic N) is 1. The van der Waals surface area contributed by atoms with Crippen molar-refractivity contribution < 1.29 is 13.9 Å². The third kappa shape index (κ3) is 2.96. The Morgan fingerprint density at radius 3 is 2.38 bits per heavy atom. The van der Waals surface area contributed by atoms with Gasteiger partial charge in [0.05, 0.1) is 11.7 Å². The molecule has 1 heterocycles. The summed E-state index contributed by atoms with van der Waals surface area (Å²) in [5, 5.41) is 10.2. The van der Waals surface area contributed by atoms with Gasteiger partial charge in [-0.3, -0.25) is 4.90 Å². The Balaban J connectivity index is 1.73. The van der Waals surface area contributed by atoms with Crippen LogP contribution in [0.5, 0.6) is 0 Å². The Hall–Kier alpha value is -1.78. The van der Waals surface area contributed by atoms with Gasteiger partial charge in [0, 0.05) is 19.6 Å². The highest BCUT2D eigenvalue weighted by atomic mass is 19.1. The largest absolute Gasteiger partial charge is 0.387 e. The summed E-state index contributed by atoms with van der Waals surface area (Å²) >= 11 is 0. The lowest BCUT2D eigenvalue weighted by molar-refractivity contribution is 0.0999. The Kier molecular flexibility index (Phi) is 3.99. The lowest BCUT2D eigenvalue weighted by Gasteiger charge is -2.30. The van der Waals surface area contributed by atoms with E-state index in [2.05, 4.69) is 12.1 Å². The van der Waals surface area contributed by atoms with Crippen LogP contribution in [0.3, 0.4) is 0 Å². The fourth-order valence-corrected chi connectivity index (χ4v) is 2.87. The van der Waals surface area contributed by atoms with E-state index in [1.807, 2.05) is 17.0 Å². The predicted octanol–water partition coefficient (Wildman–Crippen LogP) is 3.06. The molecule has 3 rings (SSSR count). The molecule has 0 spiro atoms. The second-order valence-corrected chi connectivity index (χ2v) is 5.40. The van der Waals surface area contributed by atoms with Gasteiger partial charge in [0.1, 0.15) is 11.6 Å². The topological polar surface area (TPSA) is 23.5 Å². The molecule has 0 fully saturated rings. The van der Waals surface area contributed by atoms with E-state index in [4.69, 9.17) is 0 Å². The number of nitrogens with zero attached hydrogens (tertiary/aromatic N) is 1. The molecule has 110 valence electrons. The van der Waals surface area contributed by atoms with E-state index < -0.39 is 17.7 Å². The summed E-state index contributed by atoms with van der Waals surface area (Å²) in [7, 11) is 0. The van der Waals surface area contributed by atoms with E-state index >= 15 is 0 Å². The van der Waals surface area contributed by atoms with Crippen molar-refractivity contribution in [2.75, 3.05) is 13.1 Å². The molecule has 0 aromatic heterocycles. The number of hydrogen-bond donors (Lipinski definition) is 1. The highest BCUT2D eigenvalue weighted by molar-refractivity contribution is 5.29. The summed E-state index contributed by atoms with van der Waals surface area (Å²) in [4.78, 5) is 2.03. The first kappa shape index (κ1) is 14.2. The zero-order valence-corrected chi connectivity index (χ0v) is 11.6. The molecule has 0 radical (unpaired) electrons. The molecular formula is C17H17F2NO. The van der Waals surface area contributed by atoms with Crippen molar-refractivity contribution in [3.8, 4) is 0 Å². The number of halogens is 2. The molecular weight excluding hydrogens is 272 g/mol. The van der Waals surface area contributed by atoms with Crippen LogP contribution in [0.25, 0.3) is 0 Å². The van der Waals surface area contributed by atoms with Crippen molar-refractivity contribution in [1.29, 1.82) is 0 Å². The quantitative estimate of drug-likeness (QED) is 0.938. The standard InChI is InChI=1S/C17H17F2NO/c18-14-6-3-7-15(19)17(14)16(21)11-20-9-8-12-4-1-2-5-13(12)10-20/h1-7,16,21H,8-11H2/t16-/m1/s1. The van der Waals surface area contributed by atoms with Crippen molar-refractivity contribution >= 4 is 0 Å². The van der Waals surface area contributed by atoms with Crippen molar-refractivity contribution in [1.82, 2.24) is 4.90 Å². The van der Waals surface area contributed by atoms with Crippen LogP contribution in [0.1, 0.15) is 22.8 Å². The molecule has 4 heteroatoms. The summed E-state index contributed by atoms with van der Waals surface area (Å²) in [5.41, 5.74) is 2.28. The Bertz CT molecular complexity index is 624.